The predicted octanol–water partition coefficient (Wildman–Crippen LogP) is 3.84. The fourth-order valence-corrected chi connectivity index (χ4v) is 4.87. The summed E-state index contributed by atoms with van der Waals surface area (Å²) in [5.74, 6) is 0.424. The molecule has 3 heterocycles. The summed E-state index contributed by atoms with van der Waals surface area (Å²) >= 11 is 8.88. The molecule has 0 atom stereocenters. The van der Waals surface area contributed by atoms with Gasteiger partial charge in [0, 0.05) is 48.2 Å². The van der Waals surface area contributed by atoms with E-state index in [9.17, 15) is 9.59 Å². The van der Waals surface area contributed by atoms with E-state index < -0.39 is 0 Å². The van der Waals surface area contributed by atoms with Crippen molar-refractivity contribution in [1.29, 1.82) is 0 Å². The Kier molecular flexibility index (Phi) is 6.52. The van der Waals surface area contributed by atoms with Crippen LogP contribution in [0.3, 0.4) is 0 Å². The number of aromatic nitrogens is 4. The van der Waals surface area contributed by atoms with E-state index in [-0.39, 0.29) is 11.1 Å². The van der Waals surface area contributed by atoms with E-state index in [4.69, 9.17) is 16.3 Å². The molecule has 0 aliphatic heterocycles. The van der Waals surface area contributed by atoms with Crippen molar-refractivity contribution in [3.8, 4) is 0 Å². The van der Waals surface area contributed by atoms with Crippen molar-refractivity contribution in [1.82, 2.24) is 18.9 Å². The second kappa shape index (κ2) is 9.30. The number of ether oxygens (including phenoxy) is 1. The molecule has 0 aliphatic carbocycles. The molecule has 0 unspecified atom stereocenters. The maximum Gasteiger partial charge on any atom is 0.262 e. The van der Waals surface area contributed by atoms with Gasteiger partial charge in [0.2, 0.25) is 0 Å². The summed E-state index contributed by atoms with van der Waals surface area (Å²) in [7, 11) is 0. The Balaban J connectivity index is 1.67. The third-order valence-electron chi connectivity index (χ3n) is 4.46. The first-order valence-corrected chi connectivity index (χ1v) is 11.7. The number of thioether (sulfide) groups is 1. The first-order chi connectivity index (χ1) is 14.6. The lowest BCUT2D eigenvalue weighted by molar-refractivity contribution is 0.140. The van der Waals surface area contributed by atoms with E-state index in [1.807, 2.05) is 12.3 Å². The van der Waals surface area contributed by atoms with Gasteiger partial charge in [0.1, 0.15) is 0 Å². The van der Waals surface area contributed by atoms with Crippen molar-refractivity contribution in [3.05, 3.63) is 67.3 Å². The van der Waals surface area contributed by atoms with E-state index in [1.165, 1.54) is 33.6 Å². The average Bonchev–Trinajstić information content (AvgIpc) is 3.20. The van der Waals surface area contributed by atoms with Crippen LogP contribution in [0.4, 0.5) is 0 Å². The molecule has 0 radical (unpaired) electrons. The maximum absolute atomic E-state index is 13.1. The summed E-state index contributed by atoms with van der Waals surface area (Å²) in [6.07, 6.45) is 2.40. The molecule has 0 spiro atoms. The van der Waals surface area contributed by atoms with Crippen LogP contribution in [0.2, 0.25) is 5.02 Å². The molecule has 1 aromatic carbocycles. The van der Waals surface area contributed by atoms with Crippen LogP contribution in [0.5, 0.6) is 0 Å². The Bertz CT molecular complexity index is 1320. The second-order valence-corrected chi connectivity index (χ2v) is 8.75. The maximum atomic E-state index is 13.1. The number of halogens is 1. The second-order valence-electron chi connectivity index (χ2n) is 6.49. The number of rotatable bonds is 8. The first kappa shape index (κ1) is 21.0. The minimum absolute atomic E-state index is 0.114. The Morgan fingerprint density at radius 1 is 1.23 bits per heavy atom. The number of fused-ring (bicyclic) bond motifs is 2. The van der Waals surface area contributed by atoms with Gasteiger partial charge < -0.3 is 4.74 Å². The summed E-state index contributed by atoms with van der Waals surface area (Å²) in [6, 6.07) is 6.60. The van der Waals surface area contributed by atoms with Crippen molar-refractivity contribution < 1.29 is 4.74 Å². The lowest BCUT2D eigenvalue weighted by Crippen LogP contribution is -2.24. The SMILES string of the molecule is CCOCCCn1c(SCc2cc(=O)n3ccsc3n2)nc2cc(Cl)ccc2c1=O. The minimum atomic E-state index is -0.121. The Hall–Kier alpha value is -2.20. The van der Waals surface area contributed by atoms with E-state index >= 15 is 0 Å². The summed E-state index contributed by atoms with van der Waals surface area (Å²) in [5, 5.41) is 3.44. The van der Waals surface area contributed by atoms with Crippen LogP contribution in [0.25, 0.3) is 15.9 Å². The van der Waals surface area contributed by atoms with Crippen molar-refractivity contribution in [2.75, 3.05) is 13.2 Å². The predicted molar refractivity (Wildman–Crippen MR) is 121 cm³/mol. The smallest absolute Gasteiger partial charge is 0.262 e. The number of hydrogen-bond acceptors (Lipinski definition) is 7. The van der Waals surface area contributed by atoms with Crippen LogP contribution in [-0.4, -0.2) is 32.1 Å². The molecule has 0 fully saturated rings. The van der Waals surface area contributed by atoms with Crippen LogP contribution >= 0.6 is 34.7 Å². The van der Waals surface area contributed by atoms with Gasteiger partial charge in [-0.05, 0) is 31.5 Å². The number of nitrogens with zero attached hydrogens (tertiary/aromatic N) is 4. The Morgan fingerprint density at radius 3 is 2.93 bits per heavy atom. The van der Waals surface area contributed by atoms with Gasteiger partial charge in [-0.1, -0.05) is 23.4 Å². The average molecular weight is 463 g/mol. The third-order valence-corrected chi connectivity index (χ3v) is 6.46. The monoisotopic (exact) mass is 462 g/mol. The topological polar surface area (TPSA) is 78.5 Å². The molecule has 0 N–H and O–H groups in total. The lowest BCUT2D eigenvalue weighted by Gasteiger charge is -2.13. The van der Waals surface area contributed by atoms with Gasteiger partial charge in [-0.3, -0.25) is 18.6 Å². The molecule has 0 aliphatic rings. The fourth-order valence-electron chi connectivity index (χ4n) is 3.05. The van der Waals surface area contributed by atoms with Gasteiger partial charge in [0.25, 0.3) is 11.1 Å². The zero-order chi connectivity index (χ0) is 21.1. The molecular weight excluding hydrogens is 444 g/mol. The molecule has 0 bridgehead atoms. The molecule has 10 heteroatoms. The van der Waals surface area contributed by atoms with E-state index in [1.54, 1.807) is 29.0 Å². The number of benzene rings is 1. The van der Waals surface area contributed by atoms with Gasteiger partial charge in [-0.25, -0.2) is 9.97 Å². The first-order valence-electron chi connectivity index (χ1n) is 9.43. The molecule has 0 saturated carbocycles. The van der Waals surface area contributed by atoms with Gasteiger partial charge in [-0.2, -0.15) is 0 Å². The molecule has 4 rings (SSSR count). The van der Waals surface area contributed by atoms with Crippen LogP contribution < -0.4 is 11.1 Å². The summed E-state index contributed by atoms with van der Waals surface area (Å²) < 4.78 is 8.58. The zero-order valence-corrected chi connectivity index (χ0v) is 18.6. The highest BCUT2D eigenvalue weighted by Gasteiger charge is 2.13. The van der Waals surface area contributed by atoms with Gasteiger partial charge in [0.05, 0.1) is 16.6 Å². The molecule has 30 heavy (non-hydrogen) atoms. The third kappa shape index (κ3) is 4.44. The van der Waals surface area contributed by atoms with E-state index in [2.05, 4.69) is 9.97 Å². The normalized spacial score (nSPS) is 11.5. The van der Waals surface area contributed by atoms with Crippen molar-refractivity contribution in [2.45, 2.75) is 30.8 Å². The molecule has 0 saturated heterocycles. The van der Waals surface area contributed by atoms with Crippen LogP contribution in [-0.2, 0) is 17.0 Å². The van der Waals surface area contributed by atoms with E-state index in [0.29, 0.717) is 63.7 Å². The minimum Gasteiger partial charge on any atom is -0.382 e. The highest BCUT2D eigenvalue weighted by Crippen LogP contribution is 2.23. The van der Waals surface area contributed by atoms with Crippen molar-refractivity contribution in [3.63, 3.8) is 0 Å². The van der Waals surface area contributed by atoms with Crippen LogP contribution in [0.1, 0.15) is 19.0 Å². The van der Waals surface area contributed by atoms with Crippen LogP contribution in [0, 0.1) is 0 Å². The molecular formula is C20H19ClN4O3S2. The molecule has 0 amide bonds. The van der Waals surface area contributed by atoms with Gasteiger partial charge in [-0.15, -0.1) is 11.3 Å². The highest BCUT2D eigenvalue weighted by molar-refractivity contribution is 7.98. The van der Waals surface area contributed by atoms with Crippen molar-refractivity contribution >= 4 is 50.6 Å². The van der Waals surface area contributed by atoms with Gasteiger partial charge >= 0.3 is 0 Å². The largest absolute Gasteiger partial charge is 0.382 e. The quantitative estimate of drug-likeness (QED) is 0.225. The summed E-state index contributed by atoms with van der Waals surface area (Å²) in [4.78, 5) is 35.2. The highest BCUT2D eigenvalue weighted by atomic mass is 35.5. The fraction of sp³-hybridized carbons (Fsp3) is 0.300. The van der Waals surface area contributed by atoms with Crippen LogP contribution in [0.15, 0.2) is 50.6 Å². The van der Waals surface area contributed by atoms with Crippen molar-refractivity contribution in [2.24, 2.45) is 0 Å². The summed E-state index contributed by atoms with van der Waals surface area (Å²) in [5.41, 5.74) is 0.966. The molecule has 3 aromatic heterocycles. The molecule has 156 valence electrons. The molecule has 7 nitrogen and oxygen atoms in total. The Morgan fingerprint density at radius 2 is 2.10 bits per heavy atom. The standard InChI is InChI=1S/C20H19ClN4O3S2/c1-2-28-8-3-6-25-18(27)15-5-4-13(21)10-16(15)23-20(25)30-12-14-11-17(26)24-7-9-29-19(24)22-14/h4-5,7,9-11H,2-3,6,8,12H2,1H3. The van der Waals surface area contributed by atoms with E-state index in [0.717, 1.165) is 0 Å². The Labute approximate surface area is 185 Å². The number of thiazole rings is 1. The summed E-state index contributed by atoms with van der Waals surface area (Å²) in [6.45, 7) is 3.64. The zero-order valence-electron chi connectivity index (χ0n) is 16.2. The number of hydrogen-bond donors (Lipinski definition) is 0. The van der Waals surface area contributed by atoms with Gasteiger partial charge in [0.15, 0.2) is 10.1 Å². The lowest BCUT2D eigenvalue weighted by atomic mass is 10.2. The molecule has 4 aromatic rings.